The predicted molar refractivity (Wildman–Crippen MR) is 143 cm³/mol. The van der Waals surface area contributed by atoms with Gasteiger partial charge in [-0.25, -0.2) is 4.98 Å². The number of aryl methyl sites for hydroxylation is 1. The van der Waals surface area contributed by atoms with Crippen LogP contribution in [0.1, 0.15) is 42.1 Å². The molecule has 0 unspecified atom stereocenters. The minimum atomic E-state index is -0.0417. The van der Waals surface area contributed by atoms with Gasteiger partial charge in [0.1, 0.15) is 17.0 Å². The van der Waals surface area contributed by atoms with Crippen LogP contribution in [0.3, 0.4) is 0 Å². The maximum absolute atomic E-state index is 12.5. The van der Waals surface area contributed by atoms with Gasteiger partial charge < -0.3 is 19.7 Å². The van der Waals surface area contributed by atoms with Crippen LogP contribution in [0.2, 0.25) is 0 Å². The van der Waals surface area contributed by atoms with Gasteiger partial charge in [0.05, 0.1) is 18.4 Å². The van der Waals surface area contributed by atoms with Crippen molar-refractivity contribution in [3.8, 4) is 11.5 Å². The topological polar surface area (TPSA) is 66.9 Å². The quantitative estimate of drug-likeness (QED) is 0.387. The highest BCUT2D eigenvalue weighted by molar-refractivity contribution is 7.22. The number of hydrogen-bond acceptors (Lipinski definition) is 7. The van der Waals surface area contributed by atoms with Crippen molar-refractivity contribution in [2.75, 3.05) is 57.9 Å². The fraction of sp³-hybridized carbons (Fsp3) is 0.481. The summed E-state index contributed by atoms with van der Waals surface area (Å²) in [5.41, 5.74) is 2.85. The third-order valence-corrected chi connectivity index (χ3v) is 7.65. The van der Waals surface area contributed by atoms with Crippen molar-refractivity contribution in [3.05, 3.63) is 47.5 Å². The second-order valence-electron chi connectivity index (χ2n) is 8.92. The number of fused-ring (bicyclic) bond motifs is 1. The lowest BCUT2D eigenvalue weighted by atomic mass is 10.2. The molecule has 1 aliphatic rings. The van der Waals surface area contributed by atoms with E-state index < -0.39 is 0 Å². The van der Waals surface area contributed by atoms with Gasteiger partial charge in [-0.2, -0.15) is 0 Å². The molecule has 1 aliphatic heterocycles. The fourth-order valence-corrected chi connectivity index (χ4v) is 5.34. The molecular formula is C27H36N4O3S. The average molecular weight is 497 g/mol. The molecule has 0 atom stereocenters. The summed E-state index contributed by atoms with van der Waals surface area (Å²) in [6, 6.07) is 11.5. The Morgan fingerprint density at radius 2 is 1.86 bits per heavy atom. The predicted octanol–water partition coefficient (Wildman–Crippen LogP) is 4.73. The summed E-state index contributed by atoms with van der Waals surface area (Å²) in [6.45, 7) is 10.2. The van der Waals surface area contributed by atoms with Gasteiger partial charge in [-0.15, -0.1) is 0 Å². The zero-order chi connectivity index (χ0) is 24.6. The summed E-state index contributed by atoms with van der Waals surface area (Å²) in [4.78, 5) is 22.1. The summed E-state index contributed by atoms with van der Waals surface area (Å²) < 4.78 is 12.4. The standard InChI is InChI=1S/C27H36N4O3S/c1-4-5-6-19-34-22-10-8-21(9-11-22)26(32)28-13-14-30-15-17-31(18-16-30)27-29-24-23(33-3)12-7-20(2)25(24)35-27/h7-12H,4-6,13-19H2,1-3H3,(H,28,32). The van der Waals surface area contributed by atoms with Crippen molar-refractivity contribution in [2.45, 2.75) is 33.1 Å². The van der Waals surface area contributed by atoms with Crippen molar-refractivity contribution < 1.29 is 14.3 Å². The molecule has 2 heterocycles. The molecule has 188 valence electrons. The Morgan fingerprint density at radius 3 is 2.57 bits per heavy atom. The SMILES string of the molecule is CCCCCOc1ccc(C(=O)NCCN2CCN(c3nc4c(OC)ccc(C)c4s3)CC2)cc1. The van der Waals surface area contributed by atoms with Crippen LogP contribution in [0.15, 0.2) is 36.4 Å². The third kappa shape index (κ3) is 6.44. The van der Waals surface area contributed by atoms with E-state index in [1.54, 1.807) is 18.4 Å². The molecule has 8 heteroatoms. The number of methoxy groups -OCH3 is 1. The number of nitrogens with zero attached hydrogens (tertiary/aromatic N) is 3. The molecule has 0 spiro atoms. The number of piperazine rings is 1. The largest absolute Gasteiger partial charge is 0.494 e. The fourth-order valence-electron chi connectivity index (χ4n) is 4.24. The van der Waals surface area contributed by atoms with Gasteiger partial charge in [0.15, 0.2) is 5.13 Å². The number of aromatic nitrogens is 1. The Kier molecular flexibility index (Phi) is 8.82. The van der Waals surface area contributed by atoms with Crippen molar-refractivity contribution in [2.24, 2.45) is 0 Å². The van der Waals surface area contributed by atoms with Crippen molar-refractivity contribution in [3.63, 3.8) is 0 Å². The zero-order valence-electron chi connectivity index (χ0n) is 21.0. The number of rotatable bonds is 11. The van der Waals surface area contributed by atoms with Crippen molar-refractivity contribution in [1.82, 2.24) is 15.2 Å². The lowest BCUT2D eigenvalue weighted by molar-refractivity contribution is 0.0947. The molecule has 1 N–H and O–H groups in total. The Hall–Kier alpha value is -2.84. The number of carbonyl (C=O) groups excluding carboxylic acids is 1. The lowest BCUT2D eigenvalue weighted by Crippen LogP contribution is -2.48. The second kappa shape index (κ2) is 12.2. The van der Waals surface area contributed by atoms with Crippen molar-refractivity contribution >= 4 is 32.6 Å². The van der Waals surface area contributed by atoms with Crippen LogP contribution in [-0.4, -0.2) is 68.8 Å². The molecule has 4 rings (SSSR count). The summed E-state index contributed by atoms with van der Waals surface area (Å²) in [5.74, 6) is 1.61. The Labute approximate surface area is 212 Å². The number of ether oxygens (including phenoxy) is 2. The maximum Gasteiger partial charge on any atom is 0.251 e. The number of hydrogen-bond donors (Lipinski definition) is 1. The first-order valence-electron chi connectivity index (χ1n) is 12.5. The van der Waals surface area contributed by atoms with Gasteiger partial charge in [0.2, 0.25) is 0 Å². The molecule has 0 radical (unpaired) electrons. The Balaban J connectivity index is 1.20. The van der Waals surface area contributed by atoms with Gasteiger partial charge in [-0.05, 0) is 49.2 Å². The van der Waals surface area contributed by atoms with Crippen molar-refractivity contribution in [1.29, 1.82) is 0 Å². The third-order valence-electron chi connectivity index (χ3n) is 6.40. The minimum Gasteiger partial charge on any atom is -0.494 e. The van der Waals surface area contributed by atoms with Crippen LogP contribution in [0, 0.1) is 6.92 Å². The molecule has 1 fully saturated rings. The van der Waals surface area contributed by atoms with Crippen LogP contribution in [0.5, 0.6) is 11.5 Å². The summed E-state index contributed by atoms with van der Waals surface area (Å²) >= 11 is 1.74. The van der Waals surface area contributed by atoms with Crippen LogP contribution < -0.4 is 19.7 Å². The molecule has 3 aromatic rings. The second-order valence-corrected chi connectivity index (χ2v) is 9.90. The molecule has 2 aromatic carbocycles. The summed E-state index contributed by atoms with van der Waals surface area (Å²) in [7, 11) is 1.69. The van der Waals surface area contributed by atoms with E-state index in [0.29, 0.717) is 12.1 Å². The Morgan fingerprint density at radius 1 is 1.09 bits per heavy atom. The molecule has 7 nitrogen and oxygen atoms in total. The van der Waals surface area contributed by atoms with E-state index in [9.17, 15) is 4.79 Å². The highest BCUT2D eigenvalue weighted by Crippen LogP contribution is 2.36. The number of thiazole rings is 1. The van der Waals surface area contributed by atoms with Gasteiger partial charge >= 0.3 is 0 Å². The van der Waals surface area contributed by atoms with E-state index in [1.807, 2.05) is 30.3 Å². The molecule has 1 saturated heterocycles. The number of benzene rings is 2. The molecular weight excluding hydrogens is 460 g/mol. The van der Waals surface area contributed by atoms with Gasteiger partial charge in [0.25, 0.3) is 5.91 Å². The molecule has 0 aliphatic carbocycles. The van der Waals surface area contributed by atoms with Crippen LogP contribution in [0.25, 0.3) is 10.2 Å². The summed E-state index contributed by atoms with van der Waals surface area (Å²) in [5, 5.41) is 4.10. The van der Waals surface area contributed by atoms with E-state index in [0.717, 1.165) is 67.9 Å². The number of amides is 1. The first-order chi connectivity index (χ1) is 17.1. The van der Waals surface area contributed by atoms with Gasteiger partial charge in [-0.3, -0.25) is 9.69 Å². The smallest absolute Gasteiger partial charge is 0.251 e. The van der Waals surface area contributed by atoms with Crippen LogP contribution in [0.4, 0.5) is 5.13 Å². The van der Waals surface area contributed by atoms with Crippen LogP contribution in [-0.2, 0) is 0 Å². The maximum atomic E-state index is 12.5. The molecule has 0 bridgehead atoms. The number of anilines is 1. The van der Waals surface area contributed by atoms with E-state index in [1.165, 1.54) is 23.1 Å². The first-order valence-corrected chi connectivity index (χ1v) is 13.3. The number of nitrogens with one attached hydrogen (secondary N) is 1. The van der Waals surface area contributed by atoms with E-state index in [2.05, 4.69) is 35.0 Å². The van der Waals surface area contributed by atoms with E-state index >= 15 is 0 Å². The zero-order valence-corrected chi connectivity index (χ0v) is 21.8. The lowest BCUT2D eigenvalue weighted by Gasteiger charge is -2.34. The minimum absolute atomic E-state index is 0.0417. The molecule has 1 aromatic heterocycles. The highest BCUT2D eigenvalue weighted by atomic mass is 32.1. The van der Waals surface area contributed by atoms with E-state index in [-0.39, 0.29) is 5.91 Å². The molecule has 35 heavy (non-hydrogen) atoms. The monoisotopic (exact) mass is 496 g/mol. The van der Waals surface area contributed by atoms with E-state index in [4.69, 9.17) is 14.5 Å². The first kappa shape index (κ1) is 25.3. The van der Waals surface area contributed by atoms with Gasteiger partial charge in [0, 0.05) is 44.8 Å². The average Bonchev–Trinajstić information content (AvgIpc) is 3.34. The Bertz CT molecular complexity index is 1110. The molecule has 0 saturated carbocycles. The number of carbonyl (C=O) groups is 1. The normalized spacial score (nSPS) is 14.3. The number of unbranched alkanes of at least 4 members (excludes halogenated alkanes) is 2. The highest BCUT2D eigenvalue weighted by Gasteiger charge is 2.21. The van der Waals surface area contributed by atoms with Gasteiger partial charge in [-0.1, -0.05) is 37.2 Å². The van der Waals surface area contributed by atoms with Crippen LogP contribution >= 0.6 is 11.3 Å². The summed E-state index contributed by atoms with van der Waals surface area (Å²) in [6.07, 6.45) is 3.41. The molecule has 1 amide bonds.